The summed E-state index contributed by atoms with van der Waals surface area (Å²) in [5.41, 5.74) is -0.941. The number of nitrogens with zero attached hydrogens (tertiary/aromatic N) is 2. The van der Waals surface area contributed by atoms with Gasteiger partial charge in [-0.3, -0.25) is 9.59 Å². The minimum absolute atomic E-state index is 0.0343. The fourth-order valence-electron chi connectivity index (χ4n) is 2.64. The topological polar surface area (TPSA) is 116 Å². The standard InChI is InChI=1S/C15H21N3O6/c1-5-10(19)8-6-17-7-9(16-14(23)24-15(2,3)4)12(20)18(17)11(8)13(21)22/h9H,5-7H2,1-4H3,(H,16,23)(H,21,22)/t9-/m1/s1. The summed E-state index contributed by atoms with van der Waals surface area (Å²) in [5.74, 6) is -2.26. The first-order chi connectivity index (χ1) is 11.0. The molecular formula is C15H21N3O6. The minimum Gasteiger partial charge on any atom is -0.477 e. The van der Waals surface area contributed by atoms with E-state index in [0.717, 1.165) is 5.01 Å². The quantitative estimate of drug-likeness (QED) is 0.755. The molecule has 0 unspecified atom stereocenters. The molecular weight excluding hydrogens is 318 g/mol. The number of alkyl carbamates (subject to hydrolysis) is 1. The summed E-state index contributed by atoms with van der Waals surface area (Å²) in [6.07, 6.45) is -0.601. The number of carbonyl (C=O) groups excluding carboxylic acids is 3. The van der Waals surface area contributed by atoms with Crippen molar-refractivity contribution in [2.75, 3.05) is 13.1 Å². The Balaban J connectivity index is 2.17. The molecule has 0 saturated carbocycles. The van der Waals surface area contributed by atoms with Gasteiger partial charge in [0.15, 0.2) is 11.5 Å². The molecule has 24 heavy (non-hydrogen) atoms. The number of carboxylic acid groups (broad SMARTS) is 1. The summed E-state index contributed by atoms with van der Waals surface area (Å²) in [5, 5.41) is 14.2. The molecule has 9 heteroatoms. The number of aliphatic carboxylic acids is 1. The van der Waals surface area contributed by atoms with Crippen molar-refractivity contribution in [2.45, 2.75) is 45.8 Å². The molecule has 0 aromatic carbocycles. The number of hydrazine groups is 1. The van der Waals surface area contributed by atoms with Crippen molar-refractivity contribution in [2.24, 2.45) is 0 Å². The van der Waals surface area contributed by atoms with Gasteiger partial charge in [0.2, 0.25) is 0 Å². The molecule has 0 bridgehead atoms. The van der Waals surface area contributed by atoms with E-state index < -0.39 is 29.6 Å². The number of nitrogens with one attached hydrogen (secondary N) is 1. The molecule has 0 aromatic rings. The zero-order valence-electron chi connectivity index (χ0n) is 14.1. The summed E-state index contributed by atoms with van der Waals surface area (Å²) in [6.45, 7) is 6.82. The van der Waals surface area contributed by atoms with Crippen LogP contribution in [0.25, 0.3) is 0 Å². The van der Waals surface area contributed by atoms with Crippen LogP contribution in [0, 0.1) is 0 Å². The maximum Gasteiger partial charge on any atom is 0.408 e. The minimum atomic E-state index is -1.35. The highest BCUT2D eigenvalue weighted by molar-refractivity contribution is 6.07. The first kappa shape index (κ1) is 17.9. The van der Waals surface area contributed by atoms with Crippen molar-refractivity contribution in [3.8, 4) is 0 Å². The number of carbonyl (C=O) groups is 4. The van der Waals surface area contributed by atoms with Gasteiger partial charge < -0.3 is 15.2 Å². The Bertz CT molecular complexity index is 634. The van der Waals surface area contributed by atoms with E-state index in [1.165, 1.54) is 5.01 Å². The van der Waals surface area contributed by atoms with Crippen LogP contribution in [0.3, 0.4) is 0 Å². The summed E-state index contributed by atoms with van der Waals surface area (Å²) < 4.78 is 5.10. The van der Waals surface area contributed by atoms with E-state index in [1.54, 1.807) is 27.7 Å². The van der Waals surface area contributed by atoms with Crippen molar-refractivity contribution >= 4 is 23.8 Å². The molecule has 2 aliphatic rings. The van der Waals surface area contributed by atoms with Crippen molar-refractivity contribution in [3.05, 3.63) is 11.3 Å². The highest BCUT2D eigenvalue weighted by Crippen LogP contribution is 2.30. The highest BCUT2D eigenvalue weighted by Gasteiger charge is 2.49. The van der Waals surface area contributed by atoms with Crippen LogP contribution in [-0.4, -0.2) is 63.6 Å². The lowest BCUT2D eigenvalue weighted by Gasteiger charge is -2.21. The lowest BCUT2D eigenvalue weighted by molar-refractivity contribution is -0.143. The van der Waals surface area contributed by atoms with Gasteiger partial charge in [0.25, 0.3) is 5.91 Å². The van der Waals surface area contributed by atoms with Crippen LogP contribution in [0.1, 0.15) is 34.1 Å². The zero-order chi connectivity index (χ0) is 18.2. The van der Waals surface area contributed by atoms with Gasteiger partial charge in [0.05, 0.1) is 0 Å². The van der Waals surface area contributed by atoms with Crippen LogP contribution in [-0.2, 0) is 19.1 Å². The van der Waals surface area contributed by atoms with Crippen LogP contribution in [0.4, 0.5) is 4.79 Å². The van der Waals surface area contributed by atoms with Gasteiger partial charge in [0, 0.05) is 25.1 Å². The van der Waals surface area contributed by atoms with Gasteiger partial charge in [-0.1, -0.05) is 6.92 Å². The van der Waals surface area contributed by atoms with Crippen LogP contribution >= 0.6 is 0 Å². The monoisotopic (exact) mass is 339 g/mol. The molecule has 2 aliphatic heterocycles. The molecule has 0 spiro atoms. The van der Waals surface area contributed by atoms with Crippen LogP contribution in [0.2, 0.25) is 0 Å². The van der Waals surface area contributed by atoms with E-state index in [9.17, 15) is 24.3 Å². The van der Waals surface area contributed by atoms with Crippen molar-refractivity contribution in [3.63, 3.8) is 0 Å². The van der Waals surface area contributed by atoms with E-state index >= 15 is 0 Å². The lowest BCUT2D eigenvalue weighted by Crippen LogP contribution is -2.45. The number of hydrogen-bond donors (Lipinski definition) is 2. The average Bonchev–Trinajstić information content (AvgIpc) is 2.94. The molecule has 0 aromatic heterocycles. The molecule has 2 rings (SSSR count). The second kappa shape index (κ2) is 6.23. The Hall–Kier alpha value is -2.42. The third kappa shape index (κ3) is 3.40. The predicted molar refractivity (Wildman–Crippen MR) is 81.5 cm³/mol. The third-order valence-corrected chi connectivity index (χ3v) is 3.57. The molecule has 1 saturated heterocycles. The van der Waals surface area contributed by atoms with E-state index in [4.69, 9.17) is 4.74 Å². The number of ketones is 1. The summed E-state index contributed by atoms with van der Waals surface area (Å²) in [6, 6.07) is -0.924. The van der Waals surface area contributed by atoms with Gasteiger partial charge in [-0.05, 0) is 20.8 Å². The number of amides is 2. The first-order valence-electron chi connectivity index (χ1n) is 7.63. The molecule has 2 N–H and O–H groups in total. The number of fused-ring (bicyclic) bond motifs is 1. The Morgan fingerprint density at radius 3 is 2.46 bits per heavy atom. The Morgan fingerprint density at radius 1 is 1.33 bits per heavy atom. The molecule has 1 atom stereocenters. The SMILES string of the molecule is CCC(=O)C1=C(C(=O)O)N2C(=O)[C@H](NC(=O)OC(C)(C)C)CN2C1. The second-order valence-corrected chi connectivity index (χ2v) is 6.61. The van der Waals surface area contributed by atoms with Crippen molar-refractivity contribution in [1.82, 2.24) is 15.3 Å². The van der Waals surface area contributed by atoms with E-state index in [1.807, 2.05) is 0 Å². The number of hydrogen-bond acceptors (Lipinski definition) is 6. The maximum absolute atomic E-state index is 12.5. The largest absolute Gasteiger partial charge is 0.477 e. The normalized spacial score (nSPS) is 21.1. The Labute approximate surface area is 139 Å². The summed E-state index contributed by atoms with van der Waals surface area (Å²) in [7, 11) is 0. The molecule has 2 heterocycles. The molecule has 132 valence electrons. The number of ether oxygens (including phenoxy) is 1. The summed E-state index contributed by atoms with van der Waals surface area (Å²) in [4.78, 5) is 47.7. The van der Waals surface area contributed by atoms with E-state index in [-0.39, 0.29) is 36.6 Å². The zero-order valence-corrected chi connectivity index (χ0v) is 14.1. The van der Waals surface area contributed by atoms with E-state index in [0.29, 0.717) is 0 Å². The lowest BCUT2D eigenvalue weighted by atomic mass is 10.1. The molecule has 0 aliphatic carbocycles. The molecule has 1 fully saturated rings. The second-order valence-electron chi connectivity index (χ2n) is 6.61. The summed E-state index contributed by atoms with van der Waals surface area (Å²) >= 11 is 0. The Morgan fingerprint density at radius 2 is 1.96 bits per heavy atom. The fourth-order valence-corrected chi connectivity index (χ4v) is 2.64. The van der Waals surface area contributed by atoms with E-state index in [2.05, 4.69) is 5.32 Å². The number of Topliss-reactive ketones (excluding diaryl/α,β-unsaturated/α-hetero) is 1. The van der Waals surface area contributed by atoms with Gasteiger partial charge in [-0.25, -0.2) is 19.6 Å². The van der Waals surface area contributed by atoms with Crippen molar-refractivity contribution < 1.29 is 29.0 Å². The van der Waals surface area contributed by atoms with Gasteiger partial charge >= 0.3 is 12.1 Å². The molecule has 2 amide bonds. The van der Waals surface area contributed by atoms with Crippen LogP contribution < -0.4 is 5.32 Å². The number of rotatable bonds is 4. The number of carboxylic acids is 1. The van der Waals surface area contributed by atoms with Gasteiger partial charge in [-0.2, -0.15) is 0 Å². The molecule has 0 radical (unpaired) electrons. The van der Waals surface area contributed by atoms with Crippen LogP contribution in [0.5, 0.6) is 0 Å². The Kier molecular flexibility index (Phi) is 4.66. The smallest absolute Gasteiger partial charge is 0.408 e. The first-order valence-corrected chi connectivity index (χ1v) is 7.63. The van der Waals surface area contributed by atoms with Crippen LogP contribution in [0.15, 0.2) is 11.3 Å². The van der Waals surface area contributed by atoms with Gasteiger partial charge in [0.1, 0.15) is 11.6 Å². The highest BCUT2D eigenvalue weighted by atomic mass is 16.6. The molecule has 9 nitrogen and oxygen atoms in total. The fraction of sp³-hybridized carbons (Fsp3) is 0.600. The maximum atomic E-state index is 12.5. The van der Waals surface area contributed by atoms with Gasteiger partial charge in [-0.15, -0.1) is 0 Å². The third-order valence-electron chi connectivity index (χ3n) is 3.57. The van der Waals surface area contributed by atoms with Crippen molar-refractivity contribution in [1.29, 1.82) is 0 Å². The average molecular weight is 339 g/mol. The predicted octanol–water partition coefficient (Wildman–Crippen LogP) is 0.270.